The molecule has 0 aliphatic heterocycles. The molecule has 2 nitrogen and oxygen atoms in total. The molecule has 2 N–H and O–H groups in total. The van der Waals surface area contributed by atoms with Crippen molar-refractivity contribution in [1.82, 2.24) is 0 Å². The summed E-state index contributed by atoms with van der Waals surface area (Å²) >= 11 is 23.5. The monoisotopic (exact) mass is 320 g/mol. The molecule has 6 heteroatoms. The Hall–Kier alpha value is -0.800. The van der Waals surface area contributed by atoms with Gasteiger partial charge in [0.05, 0.1) is 21.4 Å². The number of hydrogen-bond donors (Lipinski definition) is 2. The van der Waals surface area contributed by atoms with Crippen molar-refractivity contribution >= 4 is 57.8 Å². The summed E-state index contributed by atoms with van der Waals surface area (Å²) in [6.07, 6.45) is 0. The molecular weight excluding hydrogens is 314 g/mol. The lowest BCUT2D eigenvalue weighted by atomic mass is 10.3. The van der Waals surface area contributed by atoms with E-state index in [-0.39, 0.29) is 0 Å². The number of hydrogen-bond acceptors (Lipinski definition) is 2. The normalized spacial score (nSPS) is 10.2. The smallest absolute Gasteiger partial charge is 0.0613 e. The lowest BCUT2D eigenvalue weighted by molar-refractivity contribution is 1.41. The second-order valence-corrected chi connectivity index (χ2v) is 5.22. The number of nitrogens with one attached hydrogen (secondary N) is 2. The fourth-order valence-electron chi connectivity index (χ4n) is 1.34. The van der Waals surface area contributed by atoms with E-state index >= 15 is 0 Å². The van der Waals surface area contributed by atoms with Crippen molar-refractivity contribution in [3.05, 3.63) is 56.5 Å². The second-order valence-electron chi connectivity index (χ2n) is 3.54. The molecule has 0 spiro atoms. The van der Waals surface area contributed by atoms with Gasteiger partial charge in [-0.2, -0.15) is 0 Å². The van der Waals surface area contributed by atoms with Crippen molar-refractivity contribution in [2.24, 2.45) is 0 Å². The molecule has 0 amide bonds. The van der Waals surface area contributed by atoms with Gasteiger partial charge in [-0.1, -0.05) is 46.4 Å². The summed E-state index contributed by atoms with van der Waals surface area (Å²) < 4.78 is 0. The van der Waals surface area contributed by atoms with Gasteiger partial charge in [-0.25, -0.2) is 0 Å². The summed E-state index contributed by atoms with van der Waals surface area (Å²) in [6, 6.07) is 10.4. The van der Waals surface area contributed by atoms with Crippen LogP contribution >= 0.6 is 46.4 Å². The average Bonchev–Trinajstić information content (AvgIpc) is 2.29. The summed E-state index contributed by atoms with van der Waals surface area (Å²) in [4.78, 5) is 0. The molecule has 18 heavy (non-hydrogen) atoms. The molecule has 2 aromatic rings. The Bertz CT molecular complexity index is 552. The molecule has 0 radical (unpaired) electrons. The van der Waals surface area contributed by atoms with Crippen LogP contribution in [0.1, 0.15) is 0 Å². The molecule has 0 atom stereocenters. The average molecular weight is 322 g/mol. The van der Waals surface area contributed by atoms with Crippen LogP contribution in [0.5, 0.6) is 0 Å². The molecule has 0 saturated heterocycles. The lowest BCUT2D eigenvalue weighted by Gasteiger charge is -2.11. The van der Waals surface area contributed by atoms with E-state index in [4.69, 9.17) is 46.4 Å². The Morgan fingerprint density at radius 1 is 0.611 bits per heavy atom. The SMILES string of the molecule is Clc1cc(Cl)cc(NNc2ccc(Cl)c(Cl)c2)c1. The van der Waals surface area contributed by atoms with E-state index in [1.165, 1.54) is 0 Å². The Morgan fingerprint density at radius 3 is 1.83 bits per heavy atom. The van der Waals surface area contributed by atoms with Gasteiger partial charge in [-0.3, -0.25) is 0 Å². The molecule has 0 unspecified atom stereocenters. The second kappa shape index (κ2) is 5.89. The maximum atomic E-state index is 5.90. The quantitative estimate of drug-likeness (QED) is 0.704. The highest BCUT2D eigenvalue weighted by Gasteiger charge is 2.00. The first kappa shape index (κ1) is 13.6. The van der Waals surface area contributed by atoms with Gasteiger partial charge in [0.2, 0.25) is 0 Å². The van der Waals surface area contributed by atoms with E-state index < -0.39 is 0 Å². The fraction of sp³-hybridized carbons (Fsp3) is 0. The first-order valence-corrected chi connectivity index (χ1v) is 6.49. The van der Waals surface area contributed by atoms with E-state index in [1.54, 1.807) is 36.4 Å². The third kappa shape index (κ3) is 3.59. The van der Waals surface area contributed by atoms with Crippen molar-refractivity contribution in [2.45, 2.75) is 0 Å². The molecule has 0 aliphatic rings. The van der Waals surface area contributed by atoms with Crippen LogP contribution in [0.3, 0.4) is 0 Å². The Morgan fingerprint density at radius 2 is 1.22 bits per heavy atom. The third-order valence-electron chi connectivity index (χ3n) is 2.13. The highest BCUT2D eigenvalue weighted by Crippen LogP contribution is 2.26. The molecule has 0 bridgehead atoms. The van der Waals surface area contributed by atoms with Crippen LogP contribution in [-0.2, 0) is 0 Å². The van der Waals surface area contributed by atoms with E-state index in [1.807, 2.05) is 0 Å². The van der Waals surface area contributed by atoms with Gasteiger partial charge in [0.15, 0.2) is 0 Å². The highest BCUT2D eigenvalue weighted by atomic mass is 35.5. The van der Waals surface area contributed by atoms with Gasteiger partial charge < -0.3 is 10.9 Å². The zero-order valence-electron chi connectivity index (χ0n) is 8.98. The molecule has 0 fully saturated rings. The molecular formula is C12H8Cl4N2. The summed E-state index contributed by atoms with van der Waals surface area (Å²) in [5.74, 6) is 0. The summed E-state index contributed by atoms with van der Waals surface area (Å²) in [5, 5.41) is 2.10. The van der Waals surface area contributed by atoms with Crippen molar-refractivity contribution in [3.8, 4) is 0 Å². The minimum atomic E-state index is 0.479. The third-order valence-corrected chi connectivity index (χ3v) is 3.31. The largest absolute Gasteiger partial charge is 0.301 e. The van der Waals surface area contributed by atoms with Gasteiger partial charge in [0, 0.05) is 10.0 Å². The zero-order chi connectivity index (χ0) is 13.1. The Kier molecular flexibility index (Phi) is 4.46. The van der Waals surface area contributed by atoms with Crippen LogP contribution in [0.4, 0.5) is 11.4 Å². The maximum Gasteiger partial charge on any atom is 0.0613 e. The fourth-order valence-corrected chi connectivity index (χ4v) is 2.17. The van der Waals surface area contributed by atoms with Crippen molar-refractivity contribution in [3.63, 3.8) is 0 Å². The van der Waals surface area contributed by atoms with Crippen LogP contribution in [0.25, 0.3) is 0 Å². The van der Waals surface area contributed by atoms with E-state index in [2.05, 4.69) is 10.9 Å². The van der Waals surface area contributed by atoms with Crippen LogP contribution in [0, 0.1) is 0 Å². The van der Waals surface area contributed by atoms with E-state index in [9.17, 15) is 0 Å². The molecule has 2 rings (SSSR count). The van der Waals surface area contributed by atoms with Crippen molar-refractivity contribution < 1.29 is 0 Å². The number of hydrazine groups is 1. The lowest BCUT2D eigenvalue weighted by Crippen LogP contribution is -2.08. The number of benzene rings is 2. The molecule has 0 heterocycles. The minimum Gasteiger partial charge on any atom is -0.301 e. The van der Waals surface area contributed by atoms with Crippen LogP contribution in [0.2, 0.25) is 20.1 Å². The van der Waals surface area contributed by atoms with E-state index in [0.717, 1.165) is 11.4 Å². The first-order chi connectivity index (χ1) is 8.54. The molecule has 94 valence electrons. The van der Waals surface area contributed by atoms with Crippen LogP contribution in [-0.4, -0.2) is 0 Å². The summed E-state index contributed by atoms with van der Waals surface area (Å²) in [5.41, 5.74) is 7.47. The van der Waals surface area contributed by atoms with Gasteiger partial charge in [-0.15, -0.1) is 0 Å². The molecule has 0 aliphatic carbocycles. The summed E-state index contributed by atoms with van der Waals surface area (Å²) in [6.45, 7) is 0. The Balaban J connectivity index is 2.08. The topological polar surface area (TPSA) is 24.1 Å². The van der Waals surface area contributed by atoms with Crippen LogP contribution in [0.15, 0.2) is 36.4 Å². The summed E-state index contributed by atoms with van der Waals surface area (Å²) in [7, 11) is 0. The number of halogens is 4. The van der Waals surface area contributed by atoms with Crippen molar-refractivity contribution in [1.29, 1.82) is 0 Å². The van der Waals surface area contributed by atoms with E-state index in [0.29, 0.717) is 20.1 Å². The van der Waals surface area contributed by atoms with Crippen LogP contribution < -0.4 is 10.9 Å². The van der Waals surface area contributed by atoms with Gasteiger partial charge in [-0.05, 0) is 36.4 Å². The molecule has 0 aromatic heterocycles. The van der Waals surface area contributed by atoms with Gasteiger partial charge in [0.25, 0.3) is 0 Å². The molecule has 0 saturated carbocycles. The predicted molar refractivity (Wildman–Crippen MR) is 80.2 cm³/mol. The predicted octanol–water partition coefficient (Wildman–Crippen LogP) is 5.74. The first-order valence-electron chi connectivity index (χ1n) is 4.98. The van der Waals surface area contributed by atoms with Gasteiger partial charge in [0.1, 0.15) is 0 Å². The zero-order valence-corrected chi connectivity index (χ0v) is 12.0. The number of anilines is 2. The van der Waals surface area contributed by atoms with Crippen molar-refractivity contribution in [2.75, 3.05) is 10.9 Å². The standard InChI is InChI=1S/C12H8Cl4N2/c13-7-3-8(14)5-10(4-7)18-17-9-1-2-11(15)12(16)6-9/h1-6,17-18H. The number of rotatable bonds is 3. The minimum absolute atomic E-state index is 0.479. The maximum absolute atomic E-state index is 5.90. The Labute approximate surface area is 125 Å². The van der Waals surface area contributed by atoms with Gasteiger partial charge >= 0.3 is 0 Å². The highest BCUT2D eigenvalue weighted by molar-refractivity contribution is 6.42. The molecule has 2 aromatic carbocycles.